The number of hydrogen-bond donors (Lipinski definition) is 0. The number of benzene rings is 1. The fourth-order valence-corrected chi connectivity index (χ4v) is 3.72. The fraction of sp³-hybridized carbons (Fsp3) is 0.429. The van der Waals surface area contributed by atoms with Crippen LogP contribution in [0, 0.1) is 0 Å². The molecule has 0 atom stereocenters. The van der Waals surface area contributed by atoms with Gasteiger partial charge in [0.15, 0.2) is 0 Å². The van der Waals surface area contributed by atoms with Gasteiger partial charge in [-0.15, -0.1) is 0 Å². The summed E-state index contributed by atoms with van der Waals surface area (Å²) in [5.41, 5.74) is 1.84. The second kappa shape index (κ2) is 8.48. The van der Waals surface area contributed by atoms with E-state index in [1.807, 2.05) is 29.2 Å². The van der Waals surface area contributed by atoms with E-state index in [0.29, 0.717) is 31.9 Å². The van der Waals surface area contributed by atoms with E-state index in [1.54, 1.807) is 13.3 Å². The van der Waals surface area contributed by atoms with E-state index in [4.69, 9.17) is 9.47 Å². The number of anilines is 2. The van der Waals surface area contributed by atoms with Crippen LogP contribution in [-0.2, 0) is 4.74 Å². The van der Waals surface area contributed by atoms with Gasteiger partial charge in [0.25, 0.3) is 5.91 Å². The molecule has 2 saturated heterocycles. The first-order valence-corrected chi connectivity index (χ1v) is 9.72. The maximum absolute atomic E-state index is 13.2. The number of hydrogen-bond acceptors (Lipinski definition) is 6. The van der Waals surface area contributed by atoms with Crippen molar-refractivity contribution >= 4 is 17.4 Å². The highest BCUT2D eigenvalue weighted by Gasteiger charge is 2.26. The Kier molecular flexibility index (Phi) is 5.62. The number of aromatic nitrogens is 1. The first-order valence-electron chi connectivity index (χ1n) is 9.72. The smallest absolute Gasteiger partial charge is 0.257 e. The molecule has 0 radical (unpaired) electrons. The second-order valence-electron chi connectivity index (χ2n) is 6.95. The lowest BCUT2D eigenvalue weighted by molar-refractivity contribution is 0.0745. The highest BCUT2D eigenvalue weighted by Crippen LogP contribution is 2.23. The highest BCUT2D eigenvalue weighted by molar-refractivity contribution is 5.99. The summed E-state index contributed by atoms with van der Waals surface area (Å²) in [4.78, 5) is 24.1. The van der Waals surface area contributed by atoms with Crippen molar-refractivity contribution in [1.29, 1.82) is 0 Å². The van der Waals surface area contributed by atoms with Gasteiger partial charge in [-0.05, 0) is 36.4 Å². The Balaban J connectivity index is 1.43. The quantitative estimate of drug-likeness (QED) is 0.805. The van der Waals surface area contributed by atoms with E-state index in [9.17, 15) is 4.79 Å². The summed E-state index contributed by atoms with van der Waals surface area (Å²) >= 11 is 0. The molecule has 0 bridgehead atoms. The van der Waals surface area contributed by atoms with Crippen molar-refractivity contribution in [3.8, 4) is 5.75 Å². The van der Waals surface area contributed by atoms with Crippen molar-refractivity contribution in [3.05, 3.63) is 48.2 Å². The Bertz CT molecular complexity index is 798. The molecule has 0 spiro atoms. The fourth-order valence-electron chi connectivity index (χ4n) is 3.72. The lowest BCUT2D eigenvalue weighted by Gasteiger charge is -2.37. The van der Waals surface area contributed by atoms with E-state index < -0.39 is 0 Å². The maximum Gasteiger partial charge on any atom is 0.257 e. The zero-order valence-corrected chi connectivity index (χ0v) is 16.2. The van der Waals surface area contributed by atoms with Crippen molar-refractivity contribution in [2.75, 3.05) is 69.4 Å². The predicted molar refractivity (Wildman–Crippen MR) is 108 cm³/mol. The zero-order chi connectivity index (χ0) is 19.3. The lowest BCUT2D eigenvalue weighted by atomic mass is 10.1. The van der Waals surface area contributed by atoms with E-state index >= 15 is 0 Å². The van der Waals surface area contributed by atoms with Gasteiger partial charge in [-0.3, -0.25) is 4.79 Å². The molecule has 1 amide bonds. The number of methoxy groups -OCH3 is 1. The van der Waals surface area contributed by atoms with E-state index in [2.05, 4.69) is 26.9 Å². The molecule has 3 heterocycles. The van der Waals surface area contributed by atoms with Crippen LogP contribution in [0.2, 0.25) is 0 Å². The molecule has 0 unspecified atom stereocenters. The molecule has 4 rings (SSSR count). The van der Waals surface area contributed by atoms with E-state index in [1.165, 1.54) is 0 Å². The van der Waals surface area contributed by atoms with Gasteiger partial charge in [-0.1, -0.05) is 0 Å². The van der Waals surface area contributed by atoms with Crippen LogP contribution >= 0.6 is 0 Å². The molecule has 0 aliphatic carbocycles. The van der Waals surface area contributed by atoms with Crippen molar-refractivity contribution in [2.24, 2.45) is 0 Å². The Labute approximate surface area is 165 Å². The van der Waals surface area contributed by atoms with E-state index in [0.717, 1.165) is 43.4 Å². The summed E-state index contributed by atoms with van der Waals surface area (Å²) in [5, 5.41) is 0. The second-order valence-corrected chi connectivity index (χ2v) is 6.95. The minimum absolute atomic E-state index is 0.0592. The average Bonchev–Trinajstić information content (AvgIpc) is 2.79. The topological polar surface area (TPSA) is 58.1 Å². The third-order valence-corrected chi connectivity index (χ3v) is 5.33. The van der Waals surface area contributed by atoms with Gasteiger partial charge in [0.05, 0.1) is 25.9 Å². The van der Waals surface area contributed by atoms with Crippen LogP contribution in [-0.4, -0.2) is 75.4 Å². The first kappa shape index (κ1) is 18.6. The van der Waals surface area contributed by atoms with Crippen LogP contribution in [0.15, 0.2) is 42.6 Å². The summed E-state index contributed by atoms with van der Waals surface area (Å²) in [5.74, 6) is 1.68. The van der Waals surface area contributed by atoms with Crippen LogP contribution in [0.1, 0.15) is 10.4 Å². The van der Waals surface area contributed by atoms with Gasteiger partial charge in [-0.25, -0.2) is 4.98 Å². The van der Waals surface area contributed by atoms with Crippen LogP contribution in [0.25, 0.3) is 0 Å². The van der Waals surface area contributed by atoms with Crippen molar-refractivity contribution in [1.82, 2.24) is 9.88 Å². The molecule has 2 aliphatic rings. The zero-order valence-electron chi connectivity index (χ0n) is 16.2. The number of amides is 1. The Morgan fingerprint density at radius 2 is 1.68 bits per heavy atom. The normalized spacial score (nSPS) is 17.5. The molecule has 0 saturated carbocycles. The van der Waals surface area contributed by atoms with Gasteiger partial charge < -0.3 is 24.2 Å². The summed E-state index contributed by atoms with van der Waals surface area (Å²) in [6, 6.07) is 11.8. The average molecular weight is 382 g/mol. The Hall–Kier alpha value is -2.80. The molecule has 2 aliphatic heterocycles. The first-order chi connectivity index (χ1) is 13.8. The molecule has 1 aromatic heterocycles. The third kappa shape index (κ3) is 3.89. The monoisotopic (exact) mass is 382 g/mol. The minimum atomic E-state index is 0.0592. The summed E-state index contributed by atoms with van der Waals surface area (Å²) in [6.07, 6.45) is 1.75. The molecule has 2 fully saturated rings. The van der Waals surface area contributed by atoms with Crippen molar-refractivity contribution < 1.29 is 14.3 Å². The Morgan fingerprint density at radius 3 is 2.36 bits per heavy atom. The molecule has 2 aromatic rings. The predicted octanol–water partition coefficient (Wildman–Crippen LogP) is 1.89. The van der Waals surface area contributed by atoms with Crippen LogP contribution in [0.4, 0.5) is 11.5 Å². The Morgan fingerprint density at radius 1 is 0.964 bits per heavy atom. The molecule has 1 aromatic carbocycles. The molecular formula is C21H26N4O3. The highest BCUT2D eigenvalue weighted by atomic mass is 16.5. The number of ether oxygens (including phenoxy) is 2. The van der Waals surface area contributed by atoms with Crippen molar-refractivity contribution in [3.63, 3.8) is 0 Å². The standard InChI is InChI=1S/C21H26N4O3/c1-27-18-6-4-17(5-7-18)23-9-11-25(12-10-23)21(26)19-3-2-8-22-20(19)24-13-15-28-16-14-24/h2-8H,9-16H2,1H3. The SMILES string of the molecule is COc1ccc(N2CCN(C(=O)c3cccnc3N3CCOCC3)CC2)cc1. The van der Waals surface area contributed by atoms with Crippen LogP contribution < -0.4 is 14.5 Å². The largest absolute Gasteiger partial charge is 0.497 e. The number of pyridine rings is 1. The van der Waals surface area contributed by atoms with Gasteiger partial charge in [-0.2, -0.15) is 0 Å². The number of carbonyl (C=O) groups excluding carboxylic acids is 1. The van der Waals surface area contributed by atoms with Crippen LogP contribution in [0.3, 0.4) is 0 Å². The molecule has 148 valence electrons. The van der Waals surface area contributed by atoms with Gasteiger partial charge >= 0.3 is 0 Å². The summed E-state index contributed by atoms with van der Waals surface area (Å²) in [6.45, 7) is 5.89. The van der Waals surface area contributed by atoms with Crippen LogP contribution in [0.5, 0.6) is 5.75 Å². The van der Waals surface area contributed by atoms with Gasteiger partial charge in [0.2, 0.25) is 0 Å². The lowest BCUT2D eigenvalue weighted by Crippen LogP contribution is -2.49. The molecule has 0 N–H and O–H groups in total. The third-order valence-electron chi connectivity index (χ3n) is 5.33. The summed E-state index contributed by atoms with van der Waals surface area (Å²) < 4.78 is 10.7. The minimum Gasteiger partial charge on any atom is -0.497 e. The number of rotatable bonds is 4. The van der Waals surface area contributed by atoms with Gasteiger partial charge in [0, 0.05) is 51.2 Å². The number of piperazine rings is 1. The van der Waals surface area contributed by atoms with Crippen molar-refractivity contribution in [2.45, 2.75) is 0 Å². The molecular weight excluding hydrogens is 356 g/mol. The number of nitrogens with zero attached hydrogens (tertiary/aromatic N) is 4. The maximum atomic E-state index is 13.2. The molecule has 7 heteroatoms. The molecule has 28 heavy (non-hydrogen) atoms. The van der Waals surface area contributed by atoms with Gasteiger partial charge in [0.1, 0.15) is 11.6 Å². The van der Waals surface area contributed by atoms with E-state index in [-0.39, 0.29) is 5.91 Å². The number of morpholine rings is 1. The molecule has 7 nitrogen and oxygen atoms in total. The summed E-state index contributed by atoms with van der Waals surface area (Å²) in [7, 11) is 1.67. The number of carbonyl (C=O) groups is 1.